The Bertz CT molecular complexity index is 1200. The zero-order valence-electron chi connectivity index (χ0n) is 15.1. The molecule has 4 aromatic rings. The number of benzene rings is 2. The summed E-state index contributed by atoms with van der Waals surface area (Å²) in [5.41, 5.74) is 13.6. The zero-order chi connectivity index (χ0) is 18.5. The number of aromatic nitrogens is 3. The van der Waals surface area contributed by atoms with Crippen molar-refractivity contribution < 1.29 is 0 Å². The number of hydrogen-bond donors (Lipinski definition) is 1. The number of rotatable bonds is 2. The first-order chi connectivity index (χ1) is 13.1. The molecule has 6 nitrogen and oxygen atoms in total. The molecule has 6 heteroatoms. The van der Waals surface area contributed by atoms with Gasteiger partial charge in [0, 0.05) is 42.7 Å². The molecule has 2 aromatic carbocycles. The van der Waals surface area contributed by atoms with Crippen LogP contribution in [0.4, 0.5) is 17.3 Å². The lowest BCUT2D eigenvalue weighted by molar-refractivity contribution is 0.920. The van der Waals surface area contributed by atoms with Gasteiger partial charge < -0.3 is 10.6 Å². The molecule has 5 rings (SSSR count). The number of fused-ring (bicyclic) bond motifs is 2. The highest BCUT2D eigenvalue weighted by molar-refractivity contribution is 6.20. The van der Waals surface area contributed by atoms with Gasteiger partial charge in [-0.3, -0.25) is 0 Å². The molecule has 0 radical (unpaired) electrons. The summed E-state index contributed by atoms with van der Waals surface area (Å²) in [6.07, 6.45) is 1.91. The van der Waals surface area contributed by atoms with Crippen LogP contribution in [0.3, 0.4) is 0 Å². The Morgan fingerprint density at radius 1 is 0.926 bits per heavy atom. The molecular formula is C21H18N6. The first kappa shape index (κ1) is 15.6. The van der Waals surface area contributed by atoms with Crippen LogP contribution in [0.1, 0.15) is 11.1 Å². The fourth-order valence-corrected chi connectivity index (χ4v) is 3.51. The number of nitrogen functional groups attached to an aromatic ring is 1. The van der Waals surface area contributed by atoms with Gasteiger partial charge in [0.1, 0.15) is 11.2 Å². The lowest BCUT2D eigenvalue weighted by Gasteiger charge is -2.13. The van der Waals surface area contributed by atoms with Crippen molar-refractivity contribution in [3.63, 3.8) is 0 Å². The van der Waals surface area contributed by atoms with E-state index < -0.39 is 0 Å². The molecule has 0 aliphatic carbocycles. The minimum absolute atomic E-state index is 0.244. The van der Waals surface area contributed by atoms with Gasteiger partial charge in [-0.15, -0.1) is 5.10 Å². The molecule has 0 spiro atoms. The van der Waals surface area contributed by atoms with Gasteiger partial charge in [0.15, 0.2) is 0 Å². The van der Waals surface area contributed by atoms with Crippen molar-refractivity contribution in [3.8, 4) is 11.3 Å². The molecule has 2 N–H and O–H groups in total. The summed E-state index contributed by atoms with van der Waals surface area (Å²) in [7, 11) is 4.06. The number of aliphatic imine (C=N–C) groups is 1. The second kappa shape index (κ2) is 5.67. The summed E-state index contributed by atoms with van der Waals surface area (Å²) in [6, 6.07) is 18.4. The molecule has 0 bridgehead atoms. The maximum atomic E-state index is 5.95. The topological polar surface area (TPSA) is 71.8 Å². The molecule has 2 aromatic heterocycles. The van der Waals surface area contributed by atoms with Crippen molar-refractivity contribution >= 4 is 28.6 Å². The van der Waals surface area contributed by atoms with Crippen LogP contribution in [0.5, 0.6) is 0 Å². The molecule has 0 amide bonds. The van der Waals surface area contributed by atoms with Crippen LogP contribution in [0.2, 0.25) is 0 Å². The summed E-state index contributed by atoms with van der Waals surface area (Å²) >= 11 is 0. The Morgan fingerprint density at radius 3 is 2.48 bits per heavy atom. The lowest BCUT2D eigenvalue weighted by Crippen LogP contribution is -2.09. The monoisotopic (exact) mass is 354 g/mol. The SMILES string of the molecule is CN(C)c1ccc(C2=Nc3ccccc3-c3nc(N)nn4ccc2c34)cc1. The van der Waals surface area contributed by atoms with E-state index in [-0.39, 0.29) is 5.95 Å². The maximum Gasteiger partial charge on any atom is 0.238 e. The van der Waals surface area contributed by atoms with Crippen LogP contribution >= 0.6 is 0 Å². The average Bonchev–Trinajstić information content (AvgIpc) is 3.03. The fourth-order valence-electron chi connectivity index (χ4n) is 3.51. The van der Waals surface area contributed by atoms with Gasteiger partial charge in [0.2, 0.25) is 5.95 Å². The van der Waals surface area contributed by atoms with Gasteiger partial charge in [0.25, 0.3) is 0 Å². The minimum atomic E-state index is 0.244. The second-order valence-electron chi connectivity index (χ2n) is 6.76. The summed E-state index contributed by atoms with van der Waals surface area (Å²) in [4.78, 5) is 11.6. The number of nitrogens with two attached hydrogens (primary N) is 1. The molecule has 27 heavy (non-hydrogen) atoms. The molecule has 1 aliphatic heterocycles. The Kier molecular flexibility index (Phi) is 3.27. The molecule has 132 valence electrons. The highest BCUT2D eigenvalue weighted by atomic mass is 15.3. The van der Waals surface area contributed by atoms with E-state index in [1.807, 2.05) is 50.6 Å². The number of nitrogens with zero attached hydrogens (tertiary/aromatic N) is 5. The van der Waals surface area contributed by atoms with E-state index in [1.165, 1.54) is 0 Å². The number of para-hydroxylation sites is 1. The van der Waals surface area contributed by atoms with Gasteiger partial charge in [-0.05, 0) is 24.3 Å². The van der Waals surface area contributed by atoms with Crippen molar-refractivity contribution in [2.75, 3.05) is 24.7 Å². The van der Waals surface area contributed by atoms with E-state index >= 15 is 0 Å². The summed E-state index contributed by atoms with van der Waals surface area (Å²) in [5, 5.41) is 4.34. The Labute approximate surface area is 156 Å². The number of anilines is 2. The third-order valence-corrected chi connectivity index (χ3v) is 4.83. The molecule has 3 heterocycles. The Balaban J connectivity index is 1.82. The standard InChI is InChI=1S/C21H18N6/c1-26(2)14-9-7-13(8-10-14)18-16-11-12-27-20(16)19(24-21(22)25-27)15-5-3-4-6-17(15)23-18/h3-12H,1-2H3,(H2,22,25). The Hall–Kier alpha value is -3.67. The lowest BCUT2D eigenvalue weighted by atomic mass is 10.0. The highest BCUT2D eigenvalue weighted by Gasteiger charge is 2.23. The molecule has 0 unspecified atom stereocenters. The van der Waals surface area contributed by atoms with Crippen LogP contribution in [0, 0.1) is 0 Å². The summed E-state index contributed by atoms with van der Waals surface area (Å²) < 4.78 is 1.79. The first-order valence-electron chi connectivity index (χ1n) is 8.73. The van der Waals surface area contributed by atoms with Crippen molar-refractivity contribution in [2.24, 2.45) is 4.99 Å². The van der Waals surface area contributed by atoms with Crippen LogP contribution in [-0.2, 0) is 0 Å². The normalized spacial score (nSPS) is 12.4. The number of hydrogen-bond acceptors (Lipinski definition) is 5. The molecule has 0 saturated heterocycles. The molecule has 1 aliphatic rings. The van der Waals surface area contributed by atoms with E-state index in [4.69, 9.17) is 10.7 Å². The van der Waals surface area contributed by atoms with Gasteiger partial charge in [0.05, 0.1) is 11.4 Å². The van der Waals surface area contributed by atoms with Gasteiger partial charge in [-0.2, -0.15) is 0 Å². The summed E-state index contributed by atoms with van der Waals surface area (Å²) in [5.74, 6) is 0.244. The fraction of sp³-hybridized carbons (Fsp3) is 0.0952. The van der Waals surface area contributed by atoms with Crippen LogP contribution < -0.4 is 10.6 Å². The van der Waals surface area contributed by atoms with Gasteiger partial charge in [-0.25, -0.2) is 14.5 Å². The predicted octanol–water partition coefficient (Wildman–Crippen LogP) is 3.53. The van der Waals surface area contributed by atoms with Gasteiger partial charge >= 0.3 is 0 Å². The zero-order valence-corrected chi connectivity index (χ0v) is 15.1. The summed E-state index contributed by atoms with van der Waals surface area (Å²) in [6.45, 7) is 0. The Morgan fingerprint density at radius 2 is 1.70 bits per heavy atom. The van der Waals surface area contributed by atoms with E-state index in [1.54, 1.807) is 4.52 Å². The minimum Gasteiger partial charge on any atom is -0.378 e. The second-order valence-corrected chi connectivity index (χ2v) is 6.76. The average molecular weight is 354 g/mol. The van der Waals surface area contributed by atoms with Crippen molar-refractivity contribution in [2.45, 2.75) is 0 Å². The largest absolute Gasteiger partial charge is 0.378 e. The third-order valence-electron chi connectivity index (χ3n) is 4.83. The van der Waals surface area contributed by atoms with Crippen molar-refractivity contribution in [3.05, 3.63) is 71.9 Å². The van der Waals surface area contributed by atoms with Crippen LogP contribution in [-0.4, -0.2) is 34.4 Å². The molecule has 0 atom stereocenters. The van der Waals surface area contributed by atoms with Gasteiger partial charge in [-0.1, -0.05) is 30.3 Å². The molecule has 0 saturated carbocycles. The van der Waals surface area contributed by atoms with Crippen molar-refractivity contribution in [1.29, 1.82) is 0 Å². The highest BCUT2D eigenvalue weighted by Crippen LogP contribution is 2.38. The maximum absolute atomic E-state index is 5.95. The quantitative estimate of drug-likeness (QED) is 0.526. The smallest absolute Gasteiger partial charge is 0.238 e. The van der Waals surface area contributed by atoms with E-state index in [0.29, 0.717) is 0 Å². The van der Waals surface area contributed by atoms with E-state index in [2.05, 4.69) is 39.2 Å². The third kappa shape index (κ3) is 2.38. The first-order valence-corrected chi connectivity index (χ1v) is 8.73. The van der Waals surface area contributed by atoms with E-state index in [9.17, 15) is 0 Å². The van der Waals surface area contributed by atoms with Crippen LogP contribution in [0.25, 0.3) is 16.8 Å². The molecular weight excluding hydrogens is 336 g/mol. The van der Waals surface area contributed by atoms with Crippen molar-refractivity contribution in [1.82, 2.24) is 14.6 Å². The molecule has 0 fully saturated rings. The van der Waals surface area contributed by atoms with E-state index in [0.717, 1.165) is 45.0 Å². The van der Waals surface area contributed by atoms with Crippen LogP contribution in [0.15, 0.2) is 65.8 Å². The predicted molar refractivity (Wildman–Crippen MR) is 109 cm³/mol.